The SMILES string of the molecule is O=C(O)CC1CSCCN1C(=O)c1cccc2[nH]ccc12. The maximum atomic E-state index is 12.8. The molecule has 1 aliphatic rings. The van der Waals surface area contributed by atoms with Crippen molar-refractivity contribution in [2.24, 2.45) is 0 Å². The number of benzene rings is 1. The van der Waals surface area contributed by atoms with E-state index in [0.717, 1.165) is 16.7 Å². The van der Waals surface area contributed by atoms with Crippen molar-refractivity contribution in [3.05, 3.63) is 36.0 Å². The highest BCUT2D eigenvalue weighted by molar-refractivity contribution is 7.99. The van der Waals surface area contributed by atoms with Crippen molar-refractivity contribution in [3.8, 4) is 0 Å². The van der Waals surface area contributed by atoms with Crippen LogP contribution in [0.15, 0.2) is 30.5 Å². The molecule has 0 aliphatic carbocycles. The first kappa shape index (κ1) is 14.0. The summed E-state index contributed by atoms with van der Waals surface area (Å²) in [7, 11) is 0. The minimum atomic E-state index is -0.861. The van der Waals surface area contributed by atoms with Crippen LogP contribution in [0.25, 0.3) is 10.9 Å². The van der Waals surface area contributed by atoms with Gasteiger partial charge < -0.3 is 15.0 Å². The summed E-state index contributed by atoms with van der Waals surface area (Å²) in [6, 6.07) is 7.22. The Bertz CT molecular complexity index is 682. The van der Waals surface area contributed by atoms with E-state index in [1.54, 1.807) is 22.7 Å². The van der Waals surface area contributed by atoms with Crippen molar-refractivity contribution in [2.45, 2.75) is 12.5 Å². The molecule has 1 saturated heterocycles. The first-order valence-electron chi connectivity index (χ1n) is 6.83. The minimum Gasteiger partial charge on any atom is -0.481 e. The summed E-state index contributed by atoms with van der Waals surface area (Å²) >= 11 is 1.70. The van der Waals surface area contributed by atoms with E-state index in [0.29, 0.717) is 17.9 Å². The minimum absolute atomic E-state index is 0.00184. The number of hydrogen-bond donors (Lipinski definition) is 2. The third-order valence-corrected chi connectivity index (χ3v) is 4.82. The average Bonchev–Trinajstić information content (AvgIpc) is 2.95. The van der Waals surface area contributed by atoms with Crippen LogP contribution < -0.4 is 0 Å². The predicted octanol–water partition coefficient (Wildman–Crippen LogP) is 2.20. The number of hydrogen-bond acceptors (Lipinski definition) is 3. The Morgan fingerprint density at radius 1 is 1.38 bits per heavy atom. The summed E-state index contributed by atoms with van der Waals surface area (Å²) in [5.41, 5.74) is 1.55. The second kappa shape index (κ2) is 5.81. The zero-order chi connectivity index (χ0) is 14.8. The number of rotatable bonds is 3. The number of carboxylic acid groups (broad SMARTS) is 1. The number of amides is 1. The molecule has 1 aliphatic heterocycles. The van der Waals surface area contributed by atoms with Gasteiger partial charge in [-0.1, -0.05) is 6.07 Å². The molecule has 1 aromatic carbocycles. The summed E-state index contributed by atoms with van der Waals surface area (Å²) in [5, 5.41) is 9.91. The molecule has 2 heterocycles. The van der Waals surface area contributed by atoms with Gasteiger partial charge in [-0.2, -0.15) is 11.8 Å². The Balaban J connectivity index is 1.92. The molecule has 3 rings (SSSR count). The second-order valence-electron chi connectivity index (χ2n) is 5.07. The average molecular weight is 304 g/mol. The molecule has 5 nitrogen and oxygen atoms in total. The Morgan fingerprint density at radius 2 is 2.24 bits per heavy atom. The predicted molar refractivity (Wildman–Crippen MR) is 82.7 cm³/mol. The van der Waals surface area contributed by atoms with Gasteiger partial charge in [0, 0.05) is 40.7 Å². The van der Waals surface area contributed by atoms with Gasteiger partial charge in [-0.15, -0.1) is 0 Å². The number of aliphatic carboxylic acids is 1. The van der Waals surface area contributed by atoms with Crippen molar-refractivity contribution < 1.29 is 14.7 Å². The molecule has 1 amide bonds. The lowest BCUT2D eigenvalue weighted by molar-refractivity contribution is -0.138. The highest BCUT2D eigenvalue weighted by atomic mass is 32.2. The van der Waals surface area contributed by atoms with E-state index in [4.69, 9.17) is 5.11 Å². The van der Waals surface area contributed by atoms with Gasteiger partial charge in [0.1, 0.15) is 0 Å². The Hall–Kier alpha value is -1.95. The van der Waals surface area contributed by atoms with Crippen LogP contribution in [0.1, 0.15) is 16.8 Å². The standard InChI is InChI=1S/C15H16N2O3S/c18-14(19)8-10-9-21-7-6-17(10)15(20)12-2-1-3-13-11(12)4-5-16-13/h1-5,10,16H,6-9H2,(H,18,19). The number of aromatic nitrogens is 1. The lowest BCUT2D eigenvalue weighted by atomic mass is 10.1. The largest absolute Gasteiger partial charge is 0.481 e. The maximum Gasteiger partial charge on any atom is 0.305 e. The normalized spacial score (nSPS) is 18.9. The molecule has 2 aromatic rings. The van der Waals surface area contributed by atoms with Crippen molar-refractivity contribution >= 4 is 34.5 Å². The van der Waals surface area contributed by atoms with Gasteiger partial charge in [0.25, 0.3) is 5.91 Å². The van der Waals surface area contributed by atoms with Gasteiger partial charge in [0.2, 0.25) is 0 Å². The van der Waals surface area contributed by atoms with Gasteiger partial charge in [-0.25, -0.2) is 0 Å². The molecule has 1 atom stereocenters. The summed E-state index contributed by atoms with van der Waals surface area (Å²) in [4.78, 5) is 28.6. The van der Waals surface area contributed by atoms with Crippen LogP contribution in [0, 0.1) is 0 Å². The van der Waals surface area contributed by atoms with Crippen LogP contribution in [-0.2, 0) is 4.79 Å². The smallest absolute Gasteiger partial charge is 0.305 e. The van der Waals surface area contributed by atoms with Crippen LogP contribution in [0.2, 0.25) is 0 Å². The van der Waals surface area contributed by atoms with E-state index in [2.05, 4.69) is 4.98 Å². The molecule has 1 aromatic heterocycles. The number of carbonyl (C=O) groups excluding carboxylic acids is 1. The number of H-pyrrole nitrogens is 1. The first-order valence-corrected chi connectivity index (χ1v) is 7.99. The van der Waals surface area contributed by atoms with Gasteiger partial charge in [-0.3, -0.25) is 9.59 Å². The monoisotopic (exact) mass is 304 g/mol. The van der Waals surface area contributed by atoms with E-state index in [1.165, 1.54) is 0 Å². The van der Waals surface area contributed by atoms with Gasteiger partial charge >= 0.3 is 5.97 Å². The van der Waals surface area contributed by atoms with E-state index < -0.39 is 5.97 Å². The molecule has 21 heavy (non-hydrogen) atoms. The third kappa shape index (κ3) is 2.76. The summed E-state index contributed by atoms with van der Waals surface area (Å²) in [5.74, 6) is 0.596. The Morgan fingerprint density at radius 3 is 3.05 bits per heavy atom. The summed E-state index contributed by atoms with van der Waals surface area (Å²) in [6.45, 7) is 0.599. The quantitative estimate of drug-likeness (QED) is 0.911. The fourth-order valence-corrected chi connectivity index (χ4v) is 3.78. The number of fused-ring (bicyclic) bond motifs is 1. The van der Waals surface area contributed by atoms with E-state index in [1.807, 2.05) is 24.4 Å². The molecule has 0 saturated carbocycles. The number of carboxylic acids is 1. The number of carbonyl (C=O) groups is 2. The maximum absolute atomic E-state index is 12.8. The number of aromatic amines is 1. The zero-order valence-corrected chi connectivity index (χ0v) is 12.2. The van der Waals surface area contributed by atoms with Crippen LogP contribution >= 0.6 is 11.8 Å². The molecule has 6 heteroatoms. The molecule has 1 fully saturated rings. The highest BCUT2D eigenvalue weighted by Gasteiger charge is 2.30. The zero-order valence-electron chi connectivity index (χ0n) is 11.4. The lowest BCUT2D eigenvalue weighted by Crippen LogP contribution is -2.47. The van der Waals surface area contributed by atoms with Gasteiger partial charge in [0.15, 0.2) is 0 Å². The van der Waals surface area contributed by atoms with E-state index in [-0.39, 0.29) is 18.4 Å². The lowest BCUT2D eigenvalue weighted by Gasteiger charge is -2.34. The van der Waals surface area contributed by atoms with Crippen LogP contribution in [-0.4, -0.2) is 51.0 Å². The summed E-state index contributed by atoms with van der Waals surface area (Å²) < 4.78 is 0. The number of thioether (sulfide) groups is 1. The molecular weight excluding hydrogens is 288 g/mol. The van der Waals surface area contributed by atoms with Crippen LogP contribution in [0.3, 0.4) is 0 Å². The highest BCUT2D eigenvalue weighted by Crippen LogP contribution is 2.24. The molecule has 110 valence electrons. The Kier molecular flexibility index (Phi) is 3.88. The molecular formula is C15H16N2O3S. The first-order chi connectivity index (χ1) is 10.2. The van der Waals surface area contributed by atoms with Crippen molar-refractivity contribution in [1.29, 1.82) is 0 Å². The number of nitrogens with one attached hydrogen (secondary N) is 1. The molecule has 1 unspecified atom stereocenters. The molecule has 0 radical (unpaired) electrons. The van der Waals surface area contributed by atoms with E-state index >= 15 is 0 Å². The van der Waals surface area contributed by atoms with Gasteiger partial charge in [0.05, 0.1) is 12.5 Å². The number of nitrogens with zero attached hydrogens (tertiary/aromatic N) is 1. The molecule has 0 spiro atoms. The Labute approximate surface area is 126 Å². The summed E-state index contributed by atoms with van der Waals surface area (Å²) in [6.07, 6.45) is 1.81. The van der Waals surface area contributed by atoms with Crippen LogP contribution in [0.4, 0.5) is 0 Å². The third-order valence-electron chi connectivity index (χ3n) is 3.72. The van der Waals surface area contributed by atoms with Crippen LogP contribution in [0.5, 0.6) is 0 Å². The van der Waals surface area contributed by atoms with E-state index in [9.17, 15) is 9.59 Å². The second-order valence-corrected chi connectivity index (χ2v) is 6.22. The van der Waals surface area contributed by atoms with Gasteiger partial charge in [-0.05, 0) is 18.2 Å². The fraction of sp³-hybridized carbons (Fsp3) is 0.333. The molecule has 0 bridgehead atoms. The molecule has 2 N–H and O–H groups in total. The van der Waals surface area contributed by atoms with Crippen molar-refractivity contribution in [2.75, 3.05) is 18.1 Å². The van der Waals surface area contributed by atoms with Crippen molar-refractivity contribution in [1.82, 2.24) is 9.88 Å². The van der Waals surface area contributed by atoms with Crippen molar-refractivity contribution in [3.63, 3.8) is 0 Å². The topological polar surface area (TPSA) is 73.4 Å². The fourth-order valence-electron chi connectivity index (χ4n) is 2.72.